The molecule has 0 radical (unpaired) electrons. The Morgan fingerprint density at radius 3 is 3.00 bits per heavy atom. The summed E-state index contributed by atoms with van der Waals surface area (Å²) in [6.45, 7) is 0.749. The minimum atomic E-state index is 0.680. The van der Waals surface area contributed by atoms with Gasteiger partial charge in [-0.1, -0.05) is 38.1 Å². The fourth-order valence-electron chi connectivity index (χ4n) is 1.37. The van der Waals surface area contributed by atoms with Crippen LogP contribution in [0.2, 0.25) is 5.02 Å². The second kappa shape index (κ2) is 5.23. The predicted octanol–water partition coefficient (Wildman–Crippen LogP) is 3.34. The second-order valence-electron chi connectivity index (χ2n) is 3.20. The van der Waals surface area contributed by atoms with Gasteiger partial charge in [0, 0.05) is 16.6 Å². The molecule has 0 bridgehead atoms. The van der Waals surface area contributed by atoms with Gasteiger partial charge in [0.05, 0.1) is 9.90 Å². The van der Waals surface area contributed by atoms with E-state index in [-0.39, 0.29) is 0 Å². The Balaban J connectivity index is 2.46. The van der Waals surface area contributed by atoms with Crippen LogP contribution in [0, 0.1) is 0 Å². The van der Waals surface area contributed by atoms with Gasteiger partial charge in [-0.05, 0) is 30.7 Å². The molecule has 84 valence electrons. The van der Waals surface area contributed by atoms with E-state index in [9.17, 15) is 0 Å². The van der Waals surface area contributed by atoms with E-state index in [1.54, 1.807) is 0 Å². The number of benzene rings is 1. The largest absolute Gasteiger partial charge is 0.315 e. The minimum Gasteiger partial charge on any atom is -0.315 e. The lowest BCUT2D eigenvalue weighted by atomic mass is 10.1. The molecule has 3 nitrogen and oxygen atoms in total. The second-order valence-corrected chi connectivity index (χ2v) is 5.36. The molecule has 2 aromatic rings. The van der Waals surface area contributed by atoms with Crippen molar-refractivity contribution < 1.29 is 0 Å². The molecule has 16 heavy (non-hydrogen) atoms. The molecule has 0 spiro atoms. The van der Waals surface area contributed by atoms with Crippen LogP contribution >= 0.6 is 39.1 Å². The molecule has 1 N–H and O–H groups in total. The van der Waals surface area contributed by atoms with Crippen LogP contribution < -0.4 is 5.32 Å². The van der Waals surface area contributed by atoms with Crippen LogP contribution in [0.15, 0.2) is 22.7 Å². The van der Waals surface area contributed by atoms with E-state index < -0.39 is 0 Å². The molecule has 2 rings (SSSR count). The van der Waals surface area contributed by atoms with Crippen molar-refractivity contribution in [3.63, 3.8) is 0 Å². The summed E-state index contributed by atoms with van der Waals surface area (Å²) in [5.41, 5.74) is 1.78. The van der Waals surface area contributed by atoms with E-state index in [0.29, 0.717) is 5.02 Å². The number of hydrogen-bond acceptors (Lipinski definition) is 4. The first-order valence-corrected chi connectivity index (χ1v) is 6.58. The lowest BCUT2D eigenvalue weighted by Gasteiger charge is -2.03. The highest BCUT2D eigenvalue weighted by Crippen LogP contribution is 2.32. The molecule has 6 heteroatoms. The molecule has 1 heterocycles. The van der Waals surface area contributed by atoms with E-state index in [4.69, 9.17) is 11.6 Å². The first-order valence-electron chi connectivity index (χ1n) is 4.63. The minimum absolute atomic E-state index is 0.680. The number of nitrogens with one attached hydrogen (secondary N) is 1. The Morgan fingerprint density at radius 2 is 2.31 bits per heavy atom. The lowest BCUT2D eigenvalue weighted by molar-refractivity contribution is 0.830. The van der Waals surface area contributed by atoms with E-state index in [0.717, 1.165) is 27.2 Å². The Labute approximate surface area is 111 Å². The monoisotopic (exact) mass is 317 g/mol. The van der Waals surface area contributed by atoms with Gasteiger partial charge in [-0.3, -0.25) is 0 Å². The van der Waals surface area contributed by atoms with Crippen LogP contribution in [0.25, 0.3) is 11.3 Å². The zero-order valence-electron chi connectivity index (χ0n) is 8.50. The molecular weight excluding hydrogens is 310 g/mol. The van der Waals surface area contributed by atoms with Gasteiger partial charge in [0.2, 0.25) is 0 Å². The van der Waals surface area contributed by atoms with Crippen LogP contribution in [-0.4, -0.2) is 16.6 Å². The molecular formula is C10H9BrClN3S. The van der Waals surface area contributed by atoms with E-state index >= 15 is 0 Å². The van der Waals surface area contributed by atoms with Crippen LogP contribution in [-0.2, 0) is 6.54 Å². The molecule has 0 saturated carbocycles. The molecule has 0 atom stereocenters. The third kappa shape index (κ3) is 2.43. The molecule has 0 aliphatic rings. The van der Waals surface area contributed by atoms with Crippen LogP contribution in [0.5, 0.6) is 0 Å². The van der Waals surface area contributed by atoms with E-state index in [1.807, 2.05) is 25.2 Å². The smallest absolute Gasteiger partial charge is 0.111 e. The molecule has 0 amide bonds. The zero-order valence-corrected chi connectivity index (χ0v) is 11.7. The summed E-state index contributed by atoms with van der Waals surface area (Å²) in [5.74, 6) is 0. The summed E-state index contributed by atoms with van der Waals surface area (Å²) < 4.78 is 4.92. The molecule has 0 aliphatic heterocycles. The standard InChI is InChI=1S/C10H9BrClN3S/c1-13-5-9-10(14-15-16-9)7-3-2-6(11)4-8(7)12/h2-4,13H,5H2,1H3. The summed E-state index contributed by atoms with van der Waals surface area (Å²) in [6.07, 6.45) is 0. The average Bonchev–Trinajstić information content (AvgIpc) is 2.67. The highest BCUT2D eigenvalue weighted by molar-refractivity contribution is 9.10. The summed E-state index contributed by atoms with van der Waals surface area (Å²) >= 11 is 10.9. The van der Waals surface area contributed by atoms with Crippen molar-refractivity contribution in [3.05, 3.63) is 32.6 Å². The number of nitrogens with zero attached hydrogens (tertiary/aromatic N) is 2. The van der Waals surface area contributed by atoms with Crippen molar-refractivity contribution in [1.29, 1.82) is 0 Å². The summed E-state index contributed by atoms with van der Waals surface area (Å²) in [5, 5.41) is 7.89. The average molecular weight is 319 g/mol. The maximum Gasteiger partial charge on any atom is 0.111 e. The summed E-state index contributed by atoms with van der Waals surface area (Å²) in [4.78, 5) is 1.09. The third-order valence-corrected chi connectivity index (χ3v) is 3.61. The van der Waals surface area contributed by atoms with Crippen molar-refractivity contribution in [2.24, 2.45) is 0 Å². The van der Waals surface area contributed by atoms with Gasteiger partial charge in [0.25, 0.3) is 0 Å². The van der Waals surface area contributed by atoms with Gasteiger partial charge >= 0.3 is 0 Å². The van der Waals surface area contributed by atoms with E-state index in [2.05, 4.69) is 30.8 Å². The first-order chi connectivity index (χ1) is 7.72. The highest BCUT2D eigenvalue weighted by Gasteiger charge is 2.12. The maximum atomic E-state index is 6.18. The van der Waals surface area contributed by atoms with Crippen molar-refractivity contribution in [2.75, 3.05) is 7.05 Å². The van der Waals surface area contributed by atoms with Gasteiger partial charge in [-0.15, -0.1) is 5.10 Å². The Morgan fingerprint density at radius 1 is 1.50 bits per heavy atom. The number of aromatic nitrogens is 2. The van der Waals surface area contributed by atoms with Crippen molar-refractivity contribution >= 4 is 39.1 Å². The van der Waals surface area contributed by atoms with Crippen molar-refractivity contribution in [1.82, 2.24) is 14.9 Å². The van der Waals surface area contributed by atoms with Gasteiger partial charge in [0.15, 0.2) is 0 Å². The summed E-state index contributed by atoms with van der Waals surface area (Å²) in [7, 11) is 1.90. The Bertz CT molecular complexity index is 501. The van der Waals surface area contributed by atoms with Crippen molar-refractivity contribution in [3.8, 4) is 11.3 Å². The van der Waals surface area contributed by atoms with Gasteiger partial charge in [-0.25, -0.2) is 0 Å². The molecule has 1 aromatic carbocycles. The third-order valence-electron chi connectivity index (χ3n) is 2.08. The highest BCUT2D eigenvalue weighted by atomic mass is 79.9. The summed E-state index contributed by atoms with van der Waals surface area (Å²) in [6, 6.07) is 5.76. The fraction of sp³-hybridized carbons (Fsp3) is 0.200. The van der Waals surface area contributed by atoms with Gasteiger partial charge < -0.3 is 5.32 Å². The molecule has 0 unspecified atom stereocenters. The Hall–Kier alpha value is -0.490. The van der Waals surface area contributed by atoms with Crippen LogP contribution in [0.1, 0.15) is 4.88 Å². The van der Waals surface area contributed by atoms with Crippen LogP contribution in [0.3, 0.4) is 0 Å². The normalized spacial score (nSPS) is 10.7. The first kappa shape index (κ1) is 12.0. The van der Waals surface area contributed by atoms with Crippen LogP contribution in [0.4, 0.5) is 0 Å². The predicted molar refractivity (Wildman–Crippen MR) is 70.8 cm³/mol. The van der Waals surface area contributed by atoms with Crippen molar-refractivity contribution in [2.45, 2.75) is 6.54 Å². The van der Waals surface area contributed by atoms with E-state index in [1.165, 1.54) is 11.5 Å². The molecule has 0 fully saturated rings. The Kier molecular flexibility index (Phi) is 3.91. The van der Waals surface area contributed by atoms with Gasteiger partial charge in [0.1, 0.15) is 5.69 Å². The fourth-order valence-corrected chi connectivity index (χ4v) is 2.80. The lowest BCUT2D eigenvalue weighted by Crippen LogP contribution is -2.04. The zero-order chi connectivity index (χ0) is 11.5. The quantitative estimate of drug-likeness (QED) is 0.943. The van der Waals surface area contributed by atoms with Gasteiger partial charge in [-0.2, -0.15) is 0 Å². The number of rotatable bonds is 3. The molecule has 0 aliphatic carbocycles. The maximum absolute atomic E-state index is 6.18. The SMILES string of the molecule is CNCc1snnc1-c1ccc(Br)cc1Cl. The number of halogens is 2. The number of hydrogen-bond donors (Lipinski definition) is 1. The topological polar surface area (TPSA) is 37.8 Å². The molecule has 1 aromatic heterocycles. The molecule has 0 saturated heterocycles.